The maximum Gasteiger partial charge on any atom is 0.277 e. The van der Waals surface area contributed by atoms with Gasteiger partial charge in [0.25, 0.3) is 11.8 Å². The van der Waals surface area contributed by atoms with Crippen LogP contribution in [0, 0.1) is 6.92 Å². The summed E-state index contributed by atoms with van der Waals surface area (Å²) in [4.78, 5) is 31.8. The number of nitrogens with one attached hydrogen (secondary N) is 1. The number of nitrogens with zero attached hydrogens (tertiary/aromatic N) is 3. The van der Waals surface area contributed by atoms with Crippen LogP contribution in [0.4, 0.5) is 11.4 Å². The van der Waals surface area contributed by atoms with Crippen molar-refractivity contribution in [1.82, 2.24) is 9.55 Å². The minimum absolute atomic E-state index is 0.0187. The van der Waals surface area contributed by atoms with Crippen LogP contribution in [0.1, 0.15) is 39.4 Å². The van der Waals surface area contributed by atoms with E-state index < -0.39 is 0 Å². The Morgan fingerprint density at radius 1 is 1.30 bits per heavy atom. The van der Waals surface area contributed by atoms with E-state index in [1.165, 1.54) is 13.3 Å². The number of amides is 2. The fourth-order valence-corrected chi connectivity index (χ4v) is 3.83. The normalized spacial score (nSPS) is 15.7. The number of rotatable bonds is 4. The van der Waals surface area contributed by atoms with Gasteiger partial charge in [-0.25, -0.2) is 0 Å². The summed E-state index contributed by atoms with van der Waals surface area (Å²) in [5, 5.41) is 3.34. The van der Waals surface area contributed by atoms with Crippen LogP contribution in [0.3, 0.4) is 0 Å². The summed E-state index contributed by atoms with van der Waals surface area (Å²) < 4.78 is 7.18. The number of methoxy groups -OCH3 is 1. The molecule has 8 heteroatoms. The molecule has 3 heterocycles. The van der Waals surface area contributed by atoms with Gasteiger partial charge in [0.05, 0.1) is 23.4 Å². The third kappa shape index (κ3) is 3.41. The molecule has 1 aliphatic heterocycles. The minimum atomic E-state index is -0.305. The van der Waals surface area contributed by atoms with Crippen LogP contribution >= 0.6 is 11.6 Å². The van der Waals surface area contributed by atoms with Crippen molar-refractivity contribution >= 4 is 34.8 Å². The van der Waals surface area contributed by atoms with Gasteiger partial charge in [-0.3, -0.25) is 14.6 Å². The lowest BCUT2D eigenvalue weighted by Gasteiger charge is -2.33. The number of aryl methyl sites for hydroxylation is 1. The number of hydrogen-bond acceptors (Lipinski definition) is 4. The quantitative estimate of drug-likeness (QED) is 0.676. The first-order valence-corrected chi connectivity index (χ1v) is 9.86. The molecular weight excluding hydrogens is 404 g/mol. The standard InChI is InChI=1S/C22H21ClN4O3/c1-13-6-8-24-11-16(13)21(28)25-18-7-9-26-14(2)12-27(22(29)20(18)26)15-4-5-17(23)19(10-15)30-3/h4-11,14H,12H2,1-3H3,(H,25,28)/t14-/m0/s1. The monoisotopic (exact) mass is 424 g/mol. The van der Waals surface area contributed by atoms with E-state index in [4.69, 9.17) is 16.3 Å². The Labute approximate surface area is 179 Å². The minimum Gasteiger partial charge on any atom is -0.495 e. The molecule has 154 valence electrons. The molecular formula is C22H21ClN4O3. The van der Waals surface area contributed by atoms with Crippen molar-refractivity contribution in [2.75, 3.05) is 23.9 Å². The van der Waals surface area contributed by atoms with Crippen molar-refractivity contribution in [3.05, 3.63) is 70.8 Å². The van der Waals surface area contributed by atoms with Crippen molar-refractivity contribution in [3.63, 3.8) is 0 Å². The number of aromatic nitrogens is 2. The topological polar surface area (TPSA) is 76.5 Å². The van der Waals surface area contributed by atoms with E-state index in [0.29, 0.717) is 39.9 Å². The molecule has 0 bridgehead atoms. The van der Waals surface area contributed by atoms with Gasteiger partial charge in [0.2, 0.25) is 0 Å². The Balaban J connectivity index is 1.68. The zero-order chi connectivity index (χ0) is 21.4. The highest BCUT2D eigenvalue weighted by Gasteiger charge is 2.33. The van der Waals surface area contributed by atoms with Crippen LogP contribution in [0.5, 0.6) is 5.75 Å². The Morgan fingerprint density at radius 2 is 2.10 bits per heavy atom. The molecule has 1 N–H and O–H groups in total. The van der Waals surface area contributed by atoms with E-state index in [1.54, 1.807) is 41.4 Å². The molecule has 1 atom stereocenters. The molecule has 2 aromatic heterocycles. The highest BCUT2D eigenvalue weighted by atomic mass is 35.5. The molecule has 7 nitrogen and oxygen atoms in total. The summed E-state index contributed by atoms with van der Waals surface area (Å²) in [5.41, 5.74) is 2.85. The lowest BCUT2D eigenvalue weighted by atomic mass is 10.1. The van der Waals surface area contributed by atoms with Gasteiger partial charge in [-0.15, -0.1) is 0 Å². The van der Waals surface area contributed by atoms with Gasteiger partial charge in [-0.05, 0) is 43.7 Å². The highest BCUT2D eigenvalue weighted by molar-refractivity contribution is 6.32. The SMILES string of the molecule is COc1cc(N2C[C@H](C)n3ccc(NC(=O)c4cnccc4C)c3C2=O)ccc1Cl. The number of carbonyl (C=O) groups is 2. The van der Waals surface area contributed by atoms with Crippen LogP contribution in [-0.4, -0.2) is 35.0 Å². The predicted octanol–water partition coefficient (Wildman–Crippen LogP) is 4.33. The molecule has 0 saturated heterocycles. The molecule has 0 radical (unpaired) electrons. The Hall–Kier alpha value is -3.32. The molecule has 0 fully saturated rings. The smallest absolute Gasteiger partial charge is 0.277 e. The number of carbonyl (C=O) groups excluding carboxylic acids is 2. The fourth-order valence-electron chi connectivity index (χ4n) is 3.63. The second-order valence-corrected chi connectivity index (χ2v) is 7.62. The van der Waals surface area contributed by atoms with Crippen LogP contribution < -0.4 is 15.0 Å². The largest absolute Gasteiger partial charge is 0.495 e. The number of ether oxygens (including phenoxy) is 1. The van der Waals surface area contributed by atoms with E-state index in [0.717, 1.165) is 5.56 Å². The number of halogens is 1. The van der Waals surface area contributed by atoms with Crippen molar-refractivity contribution in [3.8, 4) is 5.75 Å². The summed E-state index contributed by atoms with van der Waals surface area (Å²) in [5.74, 6) is -0.0165. The van der Waals surface area contributed by atoms with Gasteiger partial charge in [-0.1, -0.05) is 11.6 Å². The van der Waals surface area contributed by atoms with Crippen molar-refractivity contribution in [2.45, 2.75) is 19.9 Å². The lowest BCUT2D eigenvalue weighted by molar-refractivity contribution is 0.0958. The average molecular weight is 425 g/mol. The molecule has 4 rings (SSSR count). The number of hydrogen-bond donors (Lipinski definition) is 1. The number of fused-ring (bicyclic) bond motifs is 1. The Morgan fingerprint density at radius 3 is 2.83 bits per heavy atom. The predicted molar refractivity (Wildman–Crippen MR) is 116 cm³/mol. The van der Waals surface area contributed by atoms with Gasteiger partial charge < -0.3 is 19.5 Å². The first-order valence-electron chi connectivity index (χ1n) is 9.49. The molecule has 3 aromatic rings. The summed E-state index contributed by atoms with van der Waals surface area (Å²) in [6.07, 6.45) is 4.98. The van der Waals surface area contributed by atoms with Crippen molar-refractivity contribution < 1.29 is 14.3 Å². The molecule has 1 aromatic carbocycles. The molecule has 0 saturated carbocycles. The highest BCUT2D eigenvalue weighted by Crippen LogP contribution is 2.35. The van der Waals surface area contributed by atoms with E-state index >= 15 is 0 Å². The second-order valence-electron chi connectivity index (χ2n) is 7.21. The lowest BCUT2D eigenvalue weighted by Crippen LogP contribution is -2.42. The molecule has 30 heavy (non-hydrogen) atoms. The van der Waals surface area contributed by atoms with E-state index in [1.807, 2.05) is 24.6 Å². The first kappa shape index (κ1) is 20.0. The zero-order valence-corrected chi connectivity index (χ0v) is 17.6. The van der Waals surface area contributed by atoms with Gasteiger partial charge in [0, 0.05) is 42.9 Å². The average Bonchev–Trinajstić information content (AvgIpc) is 3.16. The third-order valence-corrected chi connectivity index (χ3v) is 5.58. The maximum atomic E-state index is 13.4. The van der Waals surface area contributed by atoms with Crippen molar-refractivity contribution in [2.24, 2.45) is 0 Å². The van der Waals surface area contributed by atoms with Crippen LogP contribution in [0.15, 0.2) is 48.9 Å². The summed E-state index contributed by atoms with van der Waals surface area (Å²) in [6.45, 7) is 4.35. The Bertz CT molecular complexity index is 1140. The summed E-state index contributed by atoms with van der Waals surface area (Å²) in [7, 11) is 1.53. The van der Waals surface area contributed by atoms with Gasteiger partial charge >= 0.3 is 0 Å². The van der Waals surface area contributed by atoms with Crippen LogP contribution in [-0.2, 0) is 0 Å². The van der Waals surface area contributed by atoms with E-state index in [-0.39, 0.29) is 17.9 Å². The van der Waals surface area contributed by atoms with E-state index in [2.05, 4.69) is 10.3 Å². The number of benzene rings is 1. The zero-order valence-electron chi connectivity index (χ0n) is 16.8. The number of pyridine rings is 1. The maximum absolute atomic E-state index is 13.4. The fraction of sp³-hybridized carbons (Fsp3) is 0.227. The van der Waals surface area contributed by atoms with Gasteiger partial charge in [-0.2, -0.15) is 0 Å². The first-order chi connectivity index (χ1) is 14.4. The molecule has 0 unspecified atom stereocenters. The molecule has 1 aliphatic rings. The molecule has 0 aliphatic carbocycles. The Kier molecular flexibility index (Phi) is 5.22. The molecule has 0 spiro atoms. The third-order valence-electron chi connectivity index (χ3n) is 5.26. The van der Waals surface area contributed by atoms with Gasteiger partial charge in [0.1, 0.15) is 11.4 Å². The van der Waals surface area contributed by atoms with Crippen LogP contribution in [0.2, 0.25) is 5.02 Å². The second kappa shape index (κ2) is 7.84. The summed E-state index contributed by atoms with van der Waals surface area (Å²) in [6, 6.07) is 8.76. The number of anilines is 2. The van der Waals surface area contributed by atoms with Crippen molar-refractivity contribution in [1.29, 1.82) is 0 Å². The van der Waals surface area contributed by atoms with Gasteiger partial charge in [0.15, 0.2) is 0 Å². The van der Waals surface area contributed by atoms with E-state index in [9.17, 15) is 9.59 Å². The molecule has 2 amide bonds. The van der Waals surface area contributed by atoms with Crippen LogP contribution in [0.25, 0.3) is 0 Å². The summed E-state index contributed by atoms with van der Waals surface area (Å²) >= 11 is 6.13.